The molecular weight excluding hydrogens is 302 g/mol. The van der Waals surface area contributed by atoms with Crippen LogP contribution in [0.15, 0.2) is 28.3 Å². The molecule has 0 spiro atoms. The van der Waals surface area contributed by atoms with Crippen LogP contribution in [0, 0.1) is 17.6 Å². The Balaban J connectivity index is 2.34. The Morgan fingerprint density at radius 3 is 2.76 bits per heavy atom. The first kappa shape index (κ1) is 15.8. The summed E-state index contributed by atoms with van der Waals surface area (Å²) in [5, 5.41) is 12.1. The SMILES string of the molecule is CCC1CN(S(=O)(=O)c2cc(F)ccc2F)CC/C1=N\O. The van der Waals surface area contributed by atoms with Gasteiger partial charge in [-0.25, -0.2) is 17.2 Å². The van der Waals surface area contributed by atoms with E-state index in [9.17, 15) is 17.2 Å². The summed E-state index contributed by atoms with van der Waals surface area (Å²) in [6.07, 6.45) is 0.863. The maximum Gasteiger partial charge on any atom is 0.246 e. The lowest BCUT2D eigenvalue weighted by atomic mass is 9.95. The Bertz CT molecular complexity index is 661. The van der Waals surface area contributed by atoms with Crippen LogP contribution in [0.25, 0.3) is 0 Å². The van der Waals surface area contributed by atoms with E-state index in [4.69, 9.17) is 5.21 Å². The predicted octanol–water partition coefficient (Wildman–Crippen LogP) is 2.22. The second-order valence-corrected chi connectivity index (χ2v) is 6.79. The molecule has 1 aliphatic rings. The average molecular weight is 318 g/mol. The summed E-state index contributed by atoms with van der Waals surface area (Å²) >= 11 is 0. The summed E-state index contributed by atoms with van der Waals surface area (Å²) in [5.41, 5.74) is 0.531. The highest BCUT2D eigenvalue weighted by Gasteiger charge is 2.34. The van der Waals surface area contributed by atoms with Gasteiger partial charge in [0.2, 0.25) is 10.0 Å². The zero-order valence-electron chi connectivity index (χ0n) is 11.5. The number of oxime groups is 1. The van der Waals surface area contributed by atoms with Crippen LogP contribution in [0.3, 0.4) is 0 Å². The van der Waals surface area contributed by atoms with E-state index >= 15 is 0 Å². The first-order valence-corrected chi connectivity index (χ1v) is 8.00. The van der Waals surface area contributed by atoms with Crippen LogP contribution >= 0.6 is 0 Å². The molecule has 8 heteroatoms. The molecule has 1 heterocycles. The van der Waals surface area contributed by atoms with Crippen molar-refractivity contribution in [1.82, 2.24) is 4.31 Å². The van der Waals surface area contributed by atoms with Crippen LogP contribution < -0.4 is 0 Å². The molecule has 116 valence electrons. The van der Waals surface area contributed by atoms with Gasteiger partial charge in [0.15, 0.2) is 0 Å². The van der Waals surface area contributed by atoms with E-state index in [1.807, 2.05) is 6.92 Å². The van der Waals surface area contributed by atoms with E-state index < -0.39 is 26.6 Å². The van der Waals surface area contributed by atoms with Gasteiger partial charge < -0.3 is 5.21 Å². The molecule has 1 N–H and O–H groups in total. The van der Waals surface area contributed by atoms with Crippen LogP contribution in [0.2, 0.25) is 0 Å². The predicted molar refractivity (Wildman–Crippen MR) is 72.7 cm³/mol. The minimum Gasteiger partial charge on any atom is -0.411 e. The molecule has 1 unspecified atom stereocenters. The molecule has 0 saturated carbocycles. The van der Waals surface area contributed by atoms with E-state index in [1.54, 1.807) is 0 Å². The van der Waals surface area contributed by atoms with Gasteiger partial charge in [0.05, 0.1) is 5.71 Å². The van der Waals surface area contributed by atoms with Gasteiger partial charge in [0.1, 0.15) is 16.5 Å². The van der Waals surface area contributed by atoms with Gasteiger partial charge in [0, 0.05) is 25.4 Å². The molecule has 1 atom stereocenters. The van der Waals surface area contributed by atoms with E-state index in [0.29, 0.717) is 18.2 Å². The summed E-state index contributed by atoms with van der Waals surface area (Å²) in [7, 11) is -4.11. The Kier molecular flexibility index (Phi) is 4.58. The summed E-state index contributed by atoms with van der Waals surface area (Å²) < 4.78 is 52.9. The Labute approximate surface area is 121 Å². The van der Waals surface area contributed by atoms with Gasteiger partial charge in [-0.15, -0.1) is 0 Å². The van der Waals surface area contributed by atoms with E-state index in [1.165, 1.54) is 0 Å². The zero-order chi connectivity index (χ0) is 15.6. The van der Waals surface area contributed by atoms with Crippen molar-refractivity contribution in [2.45, 2.75) is 24.7 Å². The maximum atomic E-state index is 13.7. The van der Waals surface area contributed by atoms with Gasteiger partial charge >= 0.3 is 0 Å². The van der Waals surface area contributed by atoms with Crippen molar-refractivity contribution in [2.75, 3.05) is 13.1 Å². The van der Waals surface area contributed by atoms with Crippen LogP contribution in [-0.2, 0) is 10.0 Å². The number of rotatable bonds is 3. The fraction of sp³-hybridized carbons (Fsp3) is 0.462. The van der Waals surface area contributed by atoms with Gasteiger partial charge in [0.25, 0.3) is 0 Å². The van der Waals surface area contributed by atoms with Crippen molar-refractivity contribution in [2.24, 2.45) is 11.1 Å². The smallest absolute Gasteiger partial charge is 0.246 e. The van der Waals surface area contributed by atoms with Crippen LogP contribution in [0.1, 0.15) is 19.8 Å². The number of hydrogen-bond donors (Lipinski definition) is 1. The topological polar surface area (TPSA) is 70.0 Å². The van der Waals surface area contributed by atoms with E-state index in [0.717, 1.165) is 16.4 Å². The Morgan fingerprint density at radius 2 is 2.14 bits per heavy atom. The molecule has 1 saturated heterocycles. The first-order valence-electron chi connectivity index (χ1n) is 6.56. The van der Waals surface area contributed by atoms with Gasteiger partial charge in [-0.3, -0.25) is 0 Å². The molecule has 0 radical (unpaired) electrons. The van der Waals surface area contributed by atoms with Gasteiger partial charge in [-0.05, 0) is 24.6 Å². The third-order valence-electron chi connectivity index (χ3n) is 3.64. The highest BCUT2D eigenvalue weighted by atomic mass is 32.2. The molecular formula is C13H16F2N2O3S. The minimum absolute atomic E-state index is 0.0776. The number of benzene rings is 1. The monoisotopic (exact) mass is 318 g/mol. The average Bonchev–Trinajstić information content (AvgIpc) is 2.48. The third kappa shape index (κ3) is 3.06. The molecule has 21 heavy (non-hydrogen) atoms. The quantitative estimate of drug-likeness (QED) is 0.686. The van der Waals surface area contributed by atoms with Crippen molar-refractivity contribution in [3.8, 4) is 0 Å². The van der Waals surface area contributed by atoms with Crippen LogP contribution in [0.4, 0.5) is 8.78 Å². The molecule has 0 bridgehead atoms. The fourth-order valence-corrected chi connectivity index (χ4v) is 3.98. The molecule has 5 nitrogen and oxygen atoms in total. The summed E-state index contributed by atoms with van der Waals surface area (Å²) in [6.45, 7) is 2.01. The normalized spacial score (nSPS) is 22.6. The van der Waals surface area contributed by atoms with Crippen LogP contribution in [0.5, 0.6) is 0 Å². The zero-order valence-corrected chi connectivity index (χ0v) is 12.3. The lowest BCUT2D eigenvalue weighted by Crippen LogP contribution is -2.44. The Morgan fingerprint density at radius 1 is 1.43 bits per heavy atom. The number of piperidine rings is 1. The van der Waals surface area contributed by atoms with Crippen LogP contribution in [-0.4, -0.2) is 36.7 Å². The Hall–Kier alpha value is -1.54. The summed E-state index contributed by atoms with van der Waals surface area (Å²) in [4.78, 5) is -0.665. The standard InChI is InChI=1S/C13H16F2N2O3S/c1-2-9-8-17(6-5-12(9)16-18)21(19,20)13-7-10(14)3-4-11(13)15/h3-4,7,9,18H,2,5-6,8H2,1H3/b16-12+. The fourth-order valence-electron chi connectivity index (χ4n) is 2.41. The number of halogens is 2. The molecule has 0 amide bonds. The van der Waals surface area contributed by atoms with Crippen molar-refractivity contribution in [1.29, 1.82) is 0 Å². The molecule has 1 aliphatic heterocycles. The second-order valence-electron chi connectivity index (χ2n) is 4.88. The second kappa shape index (κ2) is 6.07. The first-order chi connectivity index (χ1) is 9.90. The number of sulfonamides is 1. The minimum atomic E-state index is -4.11. The lowest BCUT2D eigenvalue weighted by Gasteiger charge is -2.32. The lowest BCUT2D eigenvalue weighted by molar-refractivity contribution is 0.295. The third-order valence-corrected chi connectivity index (χ3v) is 5.53. The molecule has 1 fully saturated rings. The van der Waals surface area contributed by atoms with Crippen molar-refractivity contribution in [3.05, 3.63) is 29.8 Å². The number of nitrogens with zero attached hydrogens (tertiary/aromatic N) is 2. The summed E-state index contributed by atoms with van der Waals surface area (Å²) in [6, 6.07) is 2.35. The summed E-state index contributed by atoms with van der Waals surface area (Å²) in [5.74, 6) is -2.02. The van der Waals surface area contributed by atoms with Crippen molar-refractivity contribution >= 4 is 15.7 Å². The molecule has 2 rings (SSSR count). The van der Waals surface area contributed by atoms with E-state index in [2.05, 4.69) is 5.16 Å². The van der Waals surface area contributed by atoms with Crippen molar-refractivity contribution in [3.63, 3.8) is 0 Å². The molecule has 0 aliphatic carbocycles. The molecule has 1 aromatic rings. The highest BCUT2D eigenvalue weighted by Crippen LogP contribution is 2.26. The molecule has 0 aromatic heterocycles. The number of hydrogen-bond acceptors (Lipinski definition) is 4. The van der Waals surface area contributed by atoms with Crippen molar-refractivity contribution < 1.29 is 22.4 Å². The highest BCUT2D eigenvalue weighted by molar-refractivity contribution is 7.89. The van der Waals surface area contributed by atoms with Gasteiger partial charge in [-0.2, -0.15) is 4.31 Å². The molecule has 1 aromatic carbocycles. The largest absolute Gasteiger partial charge is 0.411 e. The van der Waals surface area contributed by atoms with E-state index in [-0.39, 0.29) is 25.4 Å². The maximum absolute atomic E-state index is 13.7. The van der Waals surface area contributed by atoms with Gasteiger partial charge in [-0.1, -0.05) is 12.1 Å².